The number of hydrogen-bond acceptors (Lipinski definition) is 3. The summed E-state index contributed by atoms with van der Waals surface area (Å²) in [6, 6.07) is 14.1. The van der Waals surface area contributed by atoms with Crippen LogP contribution in [0.15, 0.2) is 53.5 Å². The Kier molecular flexibility index (Phi) is 9.11. The van der Waals surface area contributed by atoms with Gasteiger partial charge in [-0.25, -0.2) is 4.39 Å². The van der Waals surface area contributed by atoms with Crippen LogP contribution in [0.2, 0.25) is 0 Å². The SMILES string of the molecule is CN=C(NCCc1cccc(F)c1)NCc1cccc(C(=O)NCCN(C)C)c1. The molecule has 0 heterocycles. The number of aliphatic imine (C=N–C) groups is 1. The van der Waals surface area contributed by atoms with Gasteiger partial charge in [-0.15, -0.1) is 0 Å². The monoisotopic (exact) mass is 399 g/mol. The summed E-state index contributed by atoms with van der Waals surface area (Å²) in [4.78, 5) is 18.5. The van der Waals surface area contributed by atoms with Gasteiger partial charge in [-0.1, -0.05) is 24.3 Å². The fourth-order valence-corrected chi connectivity index (χ4v) is 2.74. The average Bonchev–Trinajstić information content (AvgIpc) is 2.70. The molecule has 0 radical (unpaired) electrons. The number of halogens is 1. The molecule has 2 aromatic rings. The van der Waals surface area contributed by atoms with E-state index in [2.05, 4.69) is 20.9 Å². The molecular formula is C22H30FN5O. The van der Waals surface area contributed by atoms with Gasteiger partial charge in [0.2, 0.25) is 0 Å². The molecule has 2 aromatic carbocycles. The summed E-state index contributed by atoms with van der Waals surface area (Å²) in [7, 11) is 5.64. The van der Waals surface area contributed by atoms with Gasteiger partial charge in [0.05, 0.1) is 0 Å². The Bertz CT molecular complexity index is 822. The van der Waals surface area contributed by atoms with Crippen molar-refractivity contribution in [1.29, 1.82) is 0 Å². The van der Waals surface area contributed by atoms with E-state index >= 15 is 0 Å². The maximum atomic E-state index is 13.2. The summed E-state index contributed by atoms with van der Waals surface area (Å²) in [6.07, 6.45) is 0.696. The fraction of sp³-hybridized carbons (Fsp3) is 0.364. The number of likely N-dealkylation sites (N-methyl/N-ethyl adjacent to an activating group) is 1. The molecule has 0 saturated carbocycles. The lowest BCUT2D eigenvalue weighted by atomic mass is 10.1. The van der Waals surface area contributed by atoms with Gasteiger partial charge < -0.3 is 20.9 Å². The minimum Gasteiger partial charge on any atom is -0.356 e. The van der Waals surface area contributed by atoms with Crippen molar-refractivity contribution in [2.75, 3.05) is 40.8 Å². The number of nitrogens with zero attached hydrogens (tertiary/aromatic N) is 2. The summed E-state index contributed by atoms with van der Waals surface area (Å²) in [5.74, 6) is 0.351. The molecule has 0 aliphatic rings. The van der Waals surface area contributed by atoms with E-state index in [1.807, 2.05) is 43.3 Å². The number of nitrogens with one attached hydrogen (secondary N) is 3. The highest BCUT2D eigenvalue weighted by molar-refractivity contribution is 5.94. The van der Waals surface area contributed by atoms with Gasteiger partial charge in [0.25, 0.3) is 5.91 Å². The topological polar surface area (TPSA) is 68.8 Å². The van der Waals surface area contributed by atoms with Crippen LogP contribution in [0.1, 0.15) is 21.5 Å². The predicted octanol–water partition coefficient (Wildman–Crippen LogP) is 2.02. The van der Waals surface area contributed by atoms with E-state index in [1.165, 1.54) is 12.1 Å². The Labute approximate surface area is 172 Å². The van der Waals surface area contributed by atoms with Crippen LogP contribution < -0.4 is 16.0 Å². The Balaban J connectivity index is 1.80. The zero-order chi connectivity index (χ0) is 21.1. The molecule has 156 valence electrons. The highest BCUT2D eigenvalue weighted by atomic mass is 19.1. The van der Waals surface area contributed by atoms with Gasteiger partial charge in [0.1, 0.15) is 5.82 Å². The summed E-state index contributed by atoms with van der Waals surface area (Å²) in [5, 5.41) is 9.37. The predicted molar refractivity (Wildman–Crippen MR) is 116 cm³/mol. The molecule has 2 rings (SSSR count). The summed E-state index contributed by atoms with van der Waals surface area (Å²) >= 11 is 0. The summed E-state index contributed by atoms with van der Waals surface area (Å²) in [5.41, 5.74) is 2.55. The molecule has 3 N–H and O–H groups in total. The quantitative estimate of drug-likeness (QED) is 0.446. The smallest absolute Gasteiger partial charge is 0.251 e. The minimum atomic E-state index is -0.226. The lowest BCUT2D eigenvalue weighted by molar-refractivity contribution is 0.0951. The van der Waals surface area contributed by atoms with Gasteiger partial charge >= 0.3 is 0 Å². The van der Waals surface area contributed by atoms with Crippen LogP contribution in [0.5, 0.6) is 0 Å². The Morgan fingerprint density at radius 2 is 1.76 bits per heavy atom. The third kappa shape index (κ3) is 8.31. The first-order valence-electron chi connectivity index (χ1n) is 9.69. The van der Waals surface area contributed by atoms with E-state index in [-0.39, 0.29) is 11.7 Å². The van der Waals surface area contributed by atoms with Crippen molar-refractivity contribution in [2.45, 2.75) is 13.0 Å². The molecule has 1 amide bonds. The van der Waals surface area contributed by atoms with E-state index in [0.29, 0.717) is 37.6 Å². The van der Waals surface area contributed by atoms with Gasteiger partial charge in [-0.3, -0.25) is 9.79 Å². The van der Waals surface area contributed by atoms with Crippen LogP contribution in [0, 0.1) is 5.82 Å². The molecular weight excluding hydrogens is 369 g/mol. The Morgan fingerprint density at radius 3 is 2.48 bits per heavy atom. The molecule has 0 fully saturated rings. The van der Waals surface area contributed by atoms with E-state index in [1.54, 1.807) is 19.2 Å². The van der Waals surface area contributed by atoms with Crippen molar-refractivity contribution in [1.82, 2.24) is 20.9 Å². The highest BCUT2D eigenvalue weighted by Gasteiger charge is 2.06. The second-order valence-electron chi connectivity index (χ2n) is 6.99. The number of benzene rings is 2. The third-order valence-corrected chi connectivity index (χ3v) is 4.31. The largest absolute Gasteiger partial charge is 0.356 e. The van der Waals surface area contributed by atoms with Crippen LogP contribution in [0.4, 0.5) is 4.39 Å². The van der Waals surface area contributed by atoms with E-state index in [4.69, 9.17) is 0 Å². The van der Waals surface area contributed by atoms with Crippen molar-refractivity contribution < 1.29 is 9.18 Å². The number of rotatable bonds is 9. The van der Waals surface area contributed by atoms with Crippen molar-refractivity contribution in [2.24, 2.45) is 4.99 Å². The van der Waals surface area contributed by atoms with Crippen molar-refractivity contribution in [3.05, 3.63) is 71.0 Å². The van der Waals surface area contributed by atoms with E-state index in [0.717, 1.165) is 17.7 Å². The summed E-state index contributed by atoms with van der Waals surface area (Å²) < 4.78 is 13.2. The van der Waals surface area contributed by atoms with Gasteiger partial charge in [0, 0.05) is 38.8 Å². The molecule has 0 atom stereocenters. The number of guanidine groups is 1. The Hall–Kier alpha value is -2.93. The second kappa shape index (κ2) is 11.8. The first-order chi connectivity index (χ1) is 14.0. The highest BCUT2D eigenvalue weighted by Crippen LogP contribution is 2.06. The molecule has 0 unspecified atom stereocenters. The van der Waals surface area contributed by atoms with E-state index in [9.17, 15) is 9.18 Å². The zero-order valence-corrected chi connectivity index (χ0v) is 17.3. The molecule has 0 aromatic heterocycles. The lowest BCUT2D eigenvalue weighted by Gasteiger charge is -2.13. The third-order valence-electron chi connectivity index (χ3n) is 4.31. The number of amides is 1. The normalized spacial score (nSPS) is 11.4. The van der Waals surface area contributed by atoms with Crippen LogP contribution in [-0.2, 0) is 13.0 Å². The maximum absolute atomic E-state index is 13.2. The summed E-state index contributed by atoms with van der Waals surface area (Å²) in [6.45, 7) is 2.58. The molecule has 0 saturated heterocycles. The van der Waals surface area contributed by atoms with Gasteiger partial charge in [-0.2, -0.15) is 0 Å². The minimum absolute atomic E-state index is 0.0775. The lowest BCUT2D eigenvalue weighted by Crippen LogP contribution is -2.38. The van der Waals surface area contributed by atoms with Crippen LogP contribution >= 0.6 is 0 Å². The Morgan fingerprint density at radius 1 is 1.00 bits per heavy atom. The average molecular weight is 400 g/mol. The van der Waals surface area contributed by atoms with Crippen molar-refractivity contribution in [3.8, 4) is 0 Å². The second-order valence-corrected chi connectivity index (χ2v) is 6.99. The molecule has 6 nitrogen and oxygen atoms in total. The zero-order valence-electron chi connectivity index (χ0n) is 17.3. The number of hydrogen-bond donors (Lipinski definition) is 3. The van der Waals surface area contributed by atoms with Crippen molar-refractivity contribution in [3.63, 3.8) is 0 Å². The maximum Gasteiger partial charge on any atom is 0.251 e. The fourth-order valence-electron chi connectivity index (χ4n) is 2.74. The van der Waals surface area contributed by atoms with Crippen LogP contribution in [-0.4, -0.2) is 57.5 Å². The van der Waals surface area contributed by atoms with E-state index < -0.39 is 0 Å². The number of carbonyl (C=O) groups is 1. The number of carbonyl (C=O) groups excluding carboxylic acids is 1. The van der Waals surface area contributed by atoms with Crippen molar-refractivity contribution >= 4 is 11.9 Å². The molecule has 0 spiro atoms. The van der Waals surface area contributed by atoms with Gasteiger partial charge in [0.15, 0.2) is 5.96 Å². The first-order valence-corrected chi connectivity index (χ1v) is 9.69. The molecule has 7 heteroatoms. The van der Waals surface area contributed by atoms with Crippen LogP contribution in [0.25, 0.3) is 0 Å². The van der Waals surface area contributed by atoms with Gasteiger partial charge in [-0.05, 0) is 55.9 Å². The first kappa shape index (κ1) is 22.4. The molecule has 0 aliphatic carbocycles. The molecule has 29 heavy (non-hydrogen) atoms. The molecule has 0 bridgehead atoms. The van der Waals surface area contributed by atoms with Crippen LogP contribution in [0.3, 0.4) is 0 Å². The molecule has 0 aliphatic heterocycles. The standard InChI is InChI=1S/C22H30FN5O/c1-24-22(26-11-10-17-6-5-9-20(23)15-17)27-16-18-7-4-8-19(14-18)21(29)25-12-13-28(2)3/h4-9,14-15H,10-13,16H2,1-3H3,(H,25,29)(H2,24,26,27).